The van der Waals surface area contributed by atoms with E-state index >= 15 is 4.39 Å². The van der Waals surface area contributed by atoms with Crippen molar-refractivity contribution in [2.24, 2.45) is 0 Å². The first-order valence-electron chi connectivity index (χ1n) is 10.6. The first kappa shape index (κ1) is 23.4. The zero-order chi connectivity index (χ0) is 24.6. The van der Waals surface area contributed by atoms with Crippen molar-refractivity contribution in [3.63, 3.8) is 0 Å². The van der Waals surface area contributed by atoms with Crippen molar-refractivity contribution in [3.8, 4) is 22.3 Å². The van der Waals surface area contributed by atoms with Gasteiger partial charge in [0.15, 0.2) is 4.99 Å². The molecule has 4 aromatic rings. The summed E-state index contributed by atoms with van der Waals surface area (Å²) >= 11 is 1.25. The number of aliphatic hydroxyl groups excluding tert-OH is 1. The molecular weight excluding hydrogens is 491 g/mol. The molecule has 0 saturated heterocycles. The first-order valence-corrected chi connectivity index (χ1v) is 12.9. The largest absolute Gasteiger partial charge is 0.472 e. The minimum Gasteiger partial charge on any atom is -0.472 e. The number of aliphatic hydroxyl groups is 1. The normalized spacial score (nSPS) is 18.5. The van der Waals surface area contributed by atoms with Gasteiger partial charge in [-0.25, -0.2) is 12.8 Å². The third-order valence-corrected chi connectivity index (χ3v) is 8.32. The maximum absolute atomic E-state index is 15.2. The van der Waals surface area contributed by atoms with Crippen LogP contribution >= 0.6 is 11.8 Å². The van der Waals surface area contributed by atoms with Crippen molar-refractivity contribution in [2.45, 2.75) is 22.9 Å². The molecule has 0 fully saturated rings. The molecule has 0 saturated carbocycles. The second kappa shape index (κ2) is 9.04. The lowest BCUT2D eigenvalue weighted by molar-refractivity contribution is 0.215. The minimum absolute atomic E-state index is 0.0500. The van der Waals surface area contributed by atoms with Crippen molar-refractivity contribution >= 4 is 21.8 Å². The number of sulfonamides is 1. The monoisotopic (exact) mass is 512 g/mol. The Balaban J connectivity index is 1.49. The predicted octanol–water partition coefficient (Wildman–Crippen LogP) is 5.19. The Morgan fingerprint density at radius 3 is 2.34 bits per heavy atom. The van der Waals surface area contributed by atoms with Crippen molar-refractivity contribution < 1.29 is 26.7 Å². The van der Waals surface area contributed by atoms with Gasteiger partial charge in [-0.1, -0.05) is 30.0 Å². The van der Waals surface area contributed by atoms with E-state index in [9.17, 15) is 13.5 Å². The molecule has 3 N–H and O–H groups in total. The van der Waals surface area contributed by atoms with Gasteiger partial charge in [-0.2, -0.15) is 4.72 Å². The van der Waals surface area contributed by atoms with Gasteiger partial charge in [0.05, 0.1) is 29.9 Å². The van der Waals surface area contributed by atoms with E-state index in [0.717, 1.165) is 17.2 Å². The Morgan fingerprint density at radius 2 is 1.71 bits per heavy atom. The lowest BCUT2D eigenvalue weighted by Crippen LogP contribution is -2.49. The number of rotatable bonds is 7. The number of nitrogens with one attached hydrogen (secondary N) is 2. The van der Waals surface area contributed by atoms with Gasteiger partial charge < -0.3 is 19.3 Å². The SMILES string of the molecule is CC1(NS(=O)(=O)c2ccc(C(O)c3ccc(-c4ccoc4)cc3-c3ccoc3)c(F)c2)NC=CS1. The molecule has 0 spiro atoms. The second-order valence-electron chi connectivity index (χ2n) is 8.12. The average Bonchev–Trinajstić information content (AvgIpc) is 3.61. The molecule has 2 aromatic carbocycles. The molecule has 1 aliphatic rings. The topological polar surface area (TPSA) is 105 Å². The second-order valence-corrected chi connectivity index (χ2v) is 11.1. The summed E-state index contributed by atoms with van der Waals surface area (Å²) in [5.41, 5.74) is 3.44. The fourth-order valence-corrected chi connectivity index (χ4v) is 6.16. The molecule has 7 nitrogen and oxygen atoms in total. The van der Waals surface area contributed by atoms with Gasteiger partial charge in [0.2, 0.25) is 10.0 Å². The molecule has 3 heterocycles. The standard InChI is InChI=1S/C25H21FN2O5S2/c1-25(27-8-11-34-25)28-35(30,31)19-3-5-21(23(26)13-19)24(29)20-4-2-16(17-6-9-32-14-17)12-22(20)18-7-10-33-15-18/h2-15,24,27-29H,1H3. The molecule has 2 aromatic heterocycles. The lowest BCUT2D eigenvalue weighted by Gasteiger charge is -2.25. The van der Waals surface area contributed by atoms with Crippen LogP contribution in [-0.4, -0.2) is 18.5 Å². The summed E-state index contributed by atoms with van der Waals surface area (Å²) in [6.07, 6.45) is 6.49. The molecule has 180 valence electrons. The summed E-state index contributed by atoms with van der Waals surface area (Å²) in [4.78, 5) is -1.21. The van der Waals surface area contributed by atoms with Crippen LogP contribution < -0.4 is 10.0 Å². The molecule has 0 bridgehead atoms. The maximum atomic E-state index is 15.2. The molecule has 0 aliphatic carbocycles. The van der Waals surface area contributed by atoms with E-state index in [1.165, 1.54) is 36.4 Å². The van der Waals surface area contributed by atoms with Crippen molar-refractivity contribution in [1.82, 2.24) is 10.0 Å². The molecule has 2 atom stereocenters. The van der Waals surface area contributed by atoms with Crippen LogP contribution in [0.5, 0.6) is 0 Å². The van der Waals surface area contributed by atoms with E-state index in [1.807, 2.05) is 12.1 Å². The fraction of sp³-hybridized carbons (Fsp3) is 0.120. The zero-order valence-corrected chi connectivity index (χ0v) is 20.1. The number of hydrogen-bond donors (Lipinski definition) is 3. The first-order chi connectivity index (χ1) is 16.8. The van der Waals surface area contributed by atoms with Gasteiger partial charge in [-0.15, -0.1) is 0 Å². The average molecular weight is 513 g/mol. The number of hydrogen-bond acceptors (Lipinski definition) is 7. The highest BCUT2D eigenvalue weighted by molar-refractivity contribution is 8.04. The van der Waals surface area contributed by atoms with E-state index in [0.29, 0.717) is 16.7 Å². The Hall–Kier alpha value is -3.31. The highest BCUT2D eigenvalue weighted by Gasteiger charge is 2.32. The third kappa shape index (κ3) is 4.65. The van der Waals surface area contributed by atoms with Gasteiger partial charge in [-0.3, -0.25) is 0 Å². The minimum atomic E-state index is -4.02. The lowest BCUT2D eigenvalue weighted by atomic mass is 9.91. The molecule has 0 amide bonds. The summed E-state index contributed by atoms with van der Waals surface area (Å²) in [6, 6.07) is 12.4. The molecular formula is C25H21FN2O5S2. The highest BCUT2D eigenvalue weighted by Crippen LogP contribution is 2.37. The molecule has 1 aliphatic heterocycles. The van der Waals surface area contributed by atoms with Gasteiger partial charge in [0.25, 0.3) is 0 Å². The Morgan fingerprint density at radius 1 is 1.00 bits per heavy atom. The Kier molecular flexibility index (Phi) is 6.06. The van der Waals surface area contributed by atoms with Gasteiger partial charge in [0.1, 0.15) is 11.9 Å². The van der Waals surface area contributed by atoms with Crippen LogP contribution in [-0.2, 0) is 10.0 Å². The summed E-state index contributed by atoms with van der Waals surface area (Å²) in [6.45, 7) is 1.66. The molecule has 5 rings (SSSR count). The zero-order valence-electron chi connectivity index (χ0n) is 18.4. The van der Waals surface area contributed by atoms with Crippen molar-refractivity contribution in [2.75, 3.05) is 0 Å². The van der Waals surface area contributed by atoms with Crippen LogP contribution in [0.2, 0.25) is 0 Å². The van der Waals surface area contributed by atoms with E-state index in [2.05, 4.69) is 10.0 Å². The van der Waals surface area contributed by atoms with E-state index in [4.69, 9.17) is 8.83 Å². The Bertz CT molecular complexity index is 1470. The van der Waals surface area contributed by atoms with Crippen LogP contribution in [0, 0.1) is 5.82 Å². The maximum Gasteiger partial charge on any atom is 0.243 e. The third-order valence-electron chi connectivity index (χ3n) is 5.67. The number of halogens is 1. The molecule has 10 heteroatoms. The van der Waals surface area contributed by atoms with Crippen LogP contribution in [0.4, 0.5) is 4.39 Å². The van der Waals surface area contributed by atoms with Crippen molar-refractivity contribution in [3.05, 3.63) is 102 Å². The summed E-state index contributed by atoms with van der Waals surface area (Å²) < 4.78 is 53.7. The van der Waals surface area contributed by atoms with Crippen LogP contribution in [0.15, 0.2) is 98.9 Å². The Labute approximate surface area is 205 Å². The predicted molar refractivity (Wildman–Crippen MR) is 131 cm³/mol. The summed E-state index contributed by atoms with van der Waals surface area (Å²) in [5.74, 6) is -0.840. The number of benzene rings is 2. The molecule has 35 heavy (non-hydrogen) atoms. The highest BCUT2D eigenvalue weighted by atomic mass is 32.2. The van der Waals surface area contributed by atoms with Gasteiger partial charge in [0, 0.05) is 22.9 Å². The van der Waals surface area contributed by atoms with E-state index in [-0.39, 0.29) is 10.5 Å². The quantitative estimate of drug-likeness (QED) is 0.313. The molecule has 2 unspecified atom stereocenters. The summed E-state index contributed by atoms with van der Waals surface area (Å²) in [5, 5.41) is 15.8. The van der Waals surface area contributed by atoms with Gasteiger partial charge >= 0.3 is 0 Å². The number of furan rings is 2. The molecule has 0 radical (unpaired) electrons. The van der Waals surface area contributed by atoms with E-state index < -0.39 is 26.9 Å². The fourth-order valence-electron chi connectivity index (χ4n) is 3.90. The summed E-state index contributed by atoms with van der Waals surface area (Å²) in [7, 11) is -4.02. The van der Waals surface area contributed by atoms with Crippen molar-refractivity contribution in [1.29, 1.82) is 0 Å². The van der Waals surface area contributed by atoms with Gasteiger partial charge in [-0.05, 0) is 59.4 Å². The smallest absolute Gasteiger partial charge is 0.243 e. The van der Waals surface area contributed by atoms with Crippen LogP contribution in [0.3, 0.4) is 0 Å². The van der Waals surface area contributed by atoms with Crippen LogP contribution in [0.1, 0.15) is 24.2 Å². The van der Waals surface area contributed by atoms with E-state index in [1.54, 1.807) is 49.3 Å². The number of thioether (sulfide) groups is 1. The van der Waals surface area contributed by atoms with Crippen LogP contribution in [0.25, 0.3) is 22.3 Å².